The highest BCUT2D eigenvalue weighted by molar-refractivity contribution is 6.00. The lowest BCUT2D eigenvalue weighted by Crippen LogP contribution is -2.74. The van der Waals surface area contributed by atoms with E-state index >= 15 is 0 Å². The molecule has 1 rings (SSSR count). The number of carbonyl (C=O) groups is 2. The molecule has 2 amide bonds. The Labute approximate surface area is 129 Å². The van der Waals surface area contributed by atoms with Crippen molar-refractivity contribution in [2.75, 3.05) is 0 Å². The summed E-state index contributed by atoms with van der Waals surface area (Å²) in [4.78, 5) is 27.8. The molecule has 4 nitrogen and oxygen atoms in total. The van der Waals surface area contributed by atoms with Gasteiger partial charge in [-0.3, -0.25) is 9.59 Å². The van der Waals surface area contributed by atoms with Gasteiger partial charge < -0.3 is 10.2 Å². The molecule has 0 radical (unpaired) electrons. The quantitative estimate of drug-likeness (QED) is 0.818. The van der Waals surface area contributed by atoms with Crippen LogP contribution in [-0.2, 0) is 9.59 Å². The van der Waals surface area contributed by atoms with Crippen molar-refractivity contribution in [1.29, 1.82) is 0 Å². The van der Waals surface area contributed by atoms with Crippen LogP contribution in [0.15, 0.2) is 0 Å². The topological polar surface area (TPSA) is 49.4 Å². The third-order valence-corrected chi connectivity index (χ3v) is 4.89. The van der Waals surface area contributed by atoms with Crippen LogP contribution in [0.2, 0.25) is 0 Å². The Morgan fingerprint density at radius 3 is 2.10 bits per heavy atom. The summed E-state index contributed by atoms with van der Waals surface area (Å²) < 4.78 is 0. The van der Waals surface area contributed by atoms with Crippen molar-refractivity contribution in [2.24, 2.45) is 5.92 Å². The van der Waals surface area contributed by atoms with Crippen molar-refractivity contribution >= 4 is 11.8 Å². The van der Waals surface area contributed by atoms with Crippen LogP contribution in [0.4, 0.5) is 0 Å². The minimum Gasteiger partial charge on any atom is -0.340 e. The van der Waals surface area contributed by atoms with Gasteiger partial charge >= 0.3 is 0 Å². The van der Waals surface area contributed by atoms with Gasteiger partial charge in [0.05, 0.1) is 0 Å². The van der Waals surface area contributed by atoms with E-state index in [1.165, 1.54) is 0 Å². The zero-order valence-corrected chi connectivity index (χ0v) is 14.7. The summed E-state index contributed by atoms with van der Waals surface area (Å²) >= 11 is 0. The average molecular weight is 296 g/mol. The maximum Gasteiger partial charge on any atom is 0.249 e. The molecular formula is C17H32N2O2. The van der Waals surface area contributed by atoms with E-state index in [0.717, 1.165) is 12.8 Å². The number of carbonyl (C=O) groups excluding carboxylic acids is 2. The average Bonchev–Trinajstić information content (AvgIpc) is 2.39. The molecule has 1 aliphatic heterocycles. The first-order valence-electron chi connectivity index (χ1n) is 8.32. The van der Waals surface area contributed by atoms with Gasteiger partial charge in [0.15, 0.2) is 0 Å². The normalized spacial score (nSPS) is 22.7. The van der Waals surface area contributed by atoms with Crippen molar-refractivity contribution in [3.63, 3.8) is 0 Å². The van der Waals surface area contributed by atoms with E-state index in [4.69, 9.17) is 0 Å². The largest absolute Gasteiger partial charge is 0.340 e. The van der Waals surface area contributed by atoms with Crippen LogP contribution < -0.4 is 5.32 Å². The molecule has 21 heavy (non-hydrogen) atoms. The number of nitrogens with one attached hydrogen (secondary N) is 1. The molecule has 0 saturated carbocycles. The number of piperazine rings is 1. The minimum atomic E-state index is -0.729. The zero-order valence-electron chi connectivity index (χ0n) is 14.7. The van der Waals surface area contributed by atoms with Crippen LogP contribution in [0, 0.1) is 5.92 Å². The van der Waals surface area contributed by atoms with Gasteiger partial charge in [0.25, 0.3) is 0 Å². The molecule has 1 unspecified atom stereocenters. The summed E-state index contributed by atoms with van der Waals surface area (Å²) in [5.41, 5.74) is -1.03. The number of rotatable bonds is 6. The molecular weight excluding hydrogens is 264 g/mol. The highest BCUT2D eigenvalue weighted by Gasteiger charge is 2.53. The lowest BCUT2D eigenvalue weighted by Gasteiger charge is -2.53. The molecule has 0 aromatic carbocycles. The van der Waals surface area contributed by atoms with Crippen LogP contribution in [0.25, 0.3) is 0 Å². The van der Waals surface area contributed by atoms with Crippen LogP contribution in [0.5, 0.6) is 0 Å². The van der Waals surface area contributed by atoms with Gasteiger partial charge in [-0.1, -0.05) is 41.0 Å². The molecule has 1 aliphatic rings. The van der Waals surface area contributed by atoms with Crippen molar-refractivity contribution in [1.82, 2.24) is 10.2 Å². The molecule has 0 aliphatic carbocycles. The third-order valence-electron chi connectivity index (χ3n) is 4.89. The molecule has 0 aromatic rings. The second kappa shape index (κ2) is 6.37. The Bertz CT molecular complexity index is 398. The monoisotopic (exact) mass is 296 g/mol. The first kappa shape index (κ1) is 18.0. The highest BCUT2D eigenvalue weighted by Crippen LogP contribution is 2.35. The summed E-state index contributed by atoms with van der Waals surface area (Å²) in [6.07, 6.45) is 3.17. The van der Waals surface area contributed by atoms with Gasteiger partial charge in [-0.05, 0) is 39.0 Å². The highest BCUT2D eigenvalue weighted by atomic mass is 16.2. The molecule has 1 heterocycles. The van der Waals surface area contributed by atoms with E-state index < -0.39 is 5.54 Å². The maximum atomic E-state index is 13.2. The Morgan fingerprint density at radius 1 is 1.19 bits per heavy atom. The fourth-order valence-corrected chi connectivity index (χ4v) is 3.55. The summed E-state index contributed by atoms with van der Waals surface area (Å²) in [6, 6.07) is -0.370. The van der Waals surface area contributed by atoms with Gasteiger partial charge in [0.1, 0.15) is 11.6 Å². The molecule has 1 N–H and O–H groups in total. The van der Waals surface area contributed by atoms with Gasteiger partial charge in [-0.25, -0.2) is 0 Å². The van der Waals surface area contributed by atoms with Crippen molar-refractivity contribution in [2.45, 2.75) is 91.3 Å². The van der Waals surface area contributed by atoms with Crippen molar-refractivity contribution in [3.05, 3.63) is 0 Å². The molecule has 4 heteroatoms. The van der Waals surface area contributed by atoms with E-state index in [1.807, 2.05) is 32.6 Å². The standard InChI is InChI=1S/C17H32N2O2/c1-8-11-16(6,7)19-13(12(4)5)14(20)18-17(9-2,10-3)15(19)21/h12-13H,8-11H2,1-7H3,(H,18,20). The van der Waals surface area contributed by atoms with Gasteiger partial charge in [0.2, 0.25) is 11.8 Å². The number of hydrogen-bond donors (Lipinski definition) is 1. The lowest BCUT2D eigenvalue weighted by atomic mass is 9.80. The van der Waals surface area contributed by atoms with E-state index in [2.05, 4.69) is 26.1 Å². The Balaban J connectivity index is 3.34. The van der Waals surface area contributed by atoms with Crippen molar-refractivity contribution < 1.29 is 9.59 Å². The van der Waals surface area contributed by atoms with Gasteiger partial charge in [0, 0.05) is 5.54 Å². The summed E-state index contributed by atoms with van der Waals surface area (Å²) in [5.74, 6) is 0.193. The molecule has 122 valence electrons. The first-order chi connectivity index (χ1) is 9.66. The fourth-order valence-electron chi connectivity index (χ4n) is 3.55. The van der Waals surface area contributed by atoms with Crippen molar-refractivity contribution in [3.8, 4) is 0 Å². The predicted octanol–water partition coefficient (Wildman–Crippen LogP) is 3.11. The smallest absolute Gasteiger partial charge is 0.249 e. The molecule has 1 atom stereocenters. The Hall–Kier alpha value is -1.06. The van der Waals surface area contributed by atoms with Crippen LogP contribution in [-0.4, -0.2) is 33.8 Å². The second-order valence-corrected chi connectivity index (χ2v) is 7.20. The van der Waals surface area contributed by atoms with Crippen LogP contribution in [0.1, 0.15) is 74.1 Å². The number of hydrogen-bond acceptors (Lipinski definition) is 2. The lowest BCUT2D eigenvalue weighted by molar-refractivity contribution is -0.165. The van der Waals surface area contributed by atoms with E-state index in [-0.39, 0.29) is 29.3 Å². The van der Waals surface area contributed by atoms with Crippen LogP contribution in [0.3, 0.4) is 0 Å². The number of nitrogens with zero attached hydrogens (tertiary/aromatic N) is 1. The summed E-state index contributed by atoms with van der Waals surface area (Å²) in [7, 11) is 0. The van der Waals surface area contributed by atoms with E-state index in [0.29, 0.717) is 12.8 Å². The van der Waals surface area contributed by atoms with Gasteiger partial charge in [-0.2, -0.15) is 0 Å². The minimum absolute atomic E-state index is 0.00234. The SMILES string of the molecule is CCCC(C)(C)N1C(=O)C(CC)(CC)NC(=O)C1C(C)C. The predicted molar refractivity (Wildman–Crippen MR) is 85.9 cm³/mol. The molecule has 0 spiro atoms. The maximum absolute atomic E-state index is 13.2. The summed E-state index contributed by atoms with van der Waals surface area (Å²) in [6.45, 7) is 14.3. The number of amides is 2. The Kier molecular flexibility index (Phi) is 5.46. The zero-order chi connectivity index (χ0) is 16.4. The van der Waals surface area contributed by atoms with Gasteiger partial charge in [-0.15, -0.1) is 0 Å². The third kappa shape index (κ3) is 3.09. The van der Waals surface area contributed by atoms with E-state index in [1.54, 1.807) is 0 Å². The van der Waals surface area contributed by atoms with E-state index in [9.17, 15) is 9.59 Å². The Morgan fingerprint density at radius 2 is 1.71 bits per heavy atom. The molecule has 1 saturated heterocycles. The second-order valence-electron chi connectivity index (χ2n) is 7.20. The fraction of sp³-hybridized carbons (Fsp3) is 0.882. The summed E-state index contributed by atoms with van der Waals surface area (Å²) in [5, 5.41) is 3.02. The molecule has 0 bridgehead atoms. The molecule has 0 aromatic heterocycles. The molecule has 1 fully saturated rings. The first-order valence-corrected chi connectivity index (χ1v) is 8.32. The van der Waals surface area contributed by atoms with Crippen LogP contribution >= 0.6 is 0 Å².